The molecule has 0 aliphatic carbocycles. The SMILES string of the molecule is CCC(C(=O)O)n1cc(C(C)(C)C)nc(NCC(=N)C(C)=N)c1=O. The van der Waals surface area contributed by atoms with Gasteiger partial charge in [-0.2, -0.15) is 0 Å². The van der Waals surface area contributed by atoms with Gasteiger partial charge in [-0.05, 0) is 13.3 Å². The van der Waals surface area contributed by atoms with Crippen molar-refractivity contribution in [1.82, 2.24) is 9.55 Å². The van der Waals surface area contributed by atoms with Gasteiger partial charge >= 0.3 is 5.97 Å². The molecule has 1 atom stereocenters. The number of carboxylic acids is 1. The minimum atomic E-state index is -1.08. The van der Waals surface area contributed by atoms with Crippen LogP contribution in [-0.4, -0.2) is 38.6 Å². The Labute approximate surface area is 140 Å². The molecule has 0 radical (unpaired) electrons. The maximum absolute atomic E-state index is 12.6. The van der Waals surface area contributed by atoms with Crippen molar-refractivity contribution in [3.8, 4) is 0 Å². The zero-order valence-corrected chi connectivity index (χ0v) is 14.7. The third-order valence-electron chi connectivity index (χ3n) is 3.59. The Morgan fingerprint density at radius 3 is 2.42 bits per heavy atom. The summed E-state index contributed by atoms with van der Waals surface area (Å²) >= 11 is 0. The molecule has 1 unspecified atom stereocenters. The van der Waals surface area contributed by atoms with E-state index in [2.05, 4.69) is 10.3 Å². The van der Waals surface area contributed by atoms with E-state index < -0.39 is 17.6 Å². The van der Waals surface area contributed by atoms with Crippen LogP contribution < -0.4 is 10.9 Å². The molecule has 0 saturated heterocycles. The second-order valence-electron chi connectivity index (χ2n) is 6.66. The van der Waals surface area contributed by atoms with Crippen LogP contribution >= 0.6 is 0 Å². The second-order valence-corrected chi connectivity index (χ2v) is 6.66. The van der Waals surface area contributed by atoms with Crippen molar-refractivity contribution in [2.24, 2.45) is 0 Å². The van der Waals surface area contributed by atoms with Crippen LogP contribution in [0.4, 0.5) is 5.82 Å². The van der Waals surface area contributed by atoms with Gasteiger partial charge in [0.05, 0.1) is 23.7 Å². The molecule has 8 nitrogen and oxygen atoms in total. The van der Waals surface area contributed by atoms with E-state index in [9.17, 15) is 14.7 Å². The van der Waals surface area contributed by atoms with Crippen LogP contribution in [0.2, 0.25) is 0 Å². The topological polar surface area (TPSA) is 132 Å². The third kappa shape index (κ3) is 4.50. The van der Waals surface area contributed by atoms with Gasteiger partial charge in [0.15, 0.2) is 5.82 Å². The van der Waals surface area contributed by atoms with E-state index in [-0.39, 0.29) is 35.6 Å². The Morgan fingerprint density at radius 1 is 1.42 bits per heavy atom. The first-order valence-corrected chi connectivity index (χ1v) is 7.72. The van der Waals surface area contributed by atoms with Crippen LogP contribution in [0.15, 0.2) is 11.0 Å². The van der Waals surface area contributed by atoms with Crippen molar-refractivity contribution >= 4 is 23.2 Å². The molecule has 1 aromatic heterocycles. The van der Waals surface area contributed by atoms with Crippen molar-refractivity contribution in [2.75, 3.05) is 11.9 Å². The Kier molecular flexibility index (Phi) is 6.00. The molecule has 0 bridgehead atoms. The average Bonchev–Trinajstić information content (AvgIpc) is 2.46. The maximum atomic E-state index is 12.6. The quantitative estimate of drug-likeness (QED) is 0.566. The van der Waals surface area contributed by atoms with Crippen molar-refractivity contribution < 1.29 is 9.90 Å². The minimum Gasteiger partial charge on any atom is -0.480 e. The number of rotatable bonds is 7. The normalized spacial score (nSPS) is 12.5. The summed E-state index contributed by atoms with van der Waals surface area (Å²) in [5.41, 5.74) is -0.232. The molecule has 0 saturated carbocycles. The Morgan fingerprint density at radius 2 is 2.00 bits per heavy atom. The molecular formula is C16H25N5O3. The maximum Gasteiger partial charge on any atom is 0.326 e. The lowest BCUT2D eigenvalue weighted by molar-refractivity contribution is -0.141. The highest BCUT2D eigenvalue weighted by Gasteiger charge is 2.25. The lowest BCUT2D eigenvalue weighted by Gasteiger charge is -2.22. The molecule has 8 heteroatoms. The monoisotopic (exact) mass is 335 g/mol. The van der Waals surface area contributed by atoms with E-state index >= 15 is 0 Å². The first kappa shape index (κ1) is 19.5. The number of carboxylic acid groups (broad SMARTS) is 1. The van der Waals surface area contributed by atoms with Crippen molar-refractivity contribution in [1.29, 1.82) is 10.8 Å². The van der Waals surface area contributed by atoms with Crippen LogP contribution in [0.5, 0.6) is 0 Å². The van der Waals surface area contributed by atoms with Gasteiger partial charge in [0.2, 0.25) is 0 Å². The number of hydrogen-bond acceptors (Lipinski definition) is 6. The molecule has 0 aliphatic rings. The standard InChI is InChI=1S/C16H25N5O3/c1-6-11(15(23)24)21-8-12(16(3,4)5)20-13(14(21)22)19-7-10(18)9(2)17/h8,11,17-18H,6-7H2,1-5H3,(H,19,20)(H,23,24). The summed E-state index contributed by atoms with van der Waals surface area (Å²) in [5.74, 6) is -1.09. The minimum absolute atomic E-state index is 0.00637. The largest absolute Gasteiger partial charge is 0.480 e. The van der Waals surface area contributed by atoms with Crippen LogP contribution in [-0.2, 0) is 10.2 Å². The van der Waals surface area contributed by atoms with Gasteiger partial charge in [0.25, 0.3) is 5.56 Å². The Bertz CT molecular complexity index is 715. The van der Waals surface area contributed by atoms with E-state index in [1.807, 2.05) is 20.8 Å². The van der Waals surface area contributed by atoms with Crippen molar-refractivity contribution in [3.63, 3.8) is 0 Å². The smallest absolute Gasteiger partial charge is 0.326 e. The number of anilines is 1. The Hall–Kier alpha value is -2.51. The van der Waals surface area contributed by atoms with Crippen molar-refractivity contribution in [3.05, 3.63) is 22.2 Å². The lowest BCUT2D eigenvalue weighted by atomic mass is 9.92. The first-order valence-electron chi connectivity index (χ1n) is 7.72. The fourth-order valence-electron chi connectivity index (χ4n) is 2.01. The second kappa shape index (κ2) is 7.37. The van der Waals surface area contributed by atoms with Gasteiger partial charge in [0.1, 0.15) is 6.04 Å². The van der Waals surface area contributed by atoms with Gasteiger partial charge in [-0.25, -0.2) is 9.78 Å². The fraction of sp³-hybridized carbons (Fsp3) is 0.562. The molecule has 0 spiro atoms. The molecule has 1 heterocycles. The first-order chi connectivity index (χ1) is 11.0. The van der Waals surface area contributed by atoms with Gasteiger partial charge in [-0.15, -0.1) is 0 Å². The highest BCUT2D eigenvalue weighted by molar-refractivity contribution is 6.40. The zero-order valence-electron chi connectivity index (χ0n) is 14.7. The van der Waals surface area contributed by atoms with E-state index in [0.717, 1.165) is 0 Å². The molecule has 1 aromatic rings. The summed E-state index contributed by atoms with van der Waals surface area (Å²) in [7, 11) is 0. The number of aliphatic carboxylic acids is 1. The average molecular weight is 335 g/mol. The van der Waals surface area contributed by atoms with Gasteiger partial charge in [-0.3, -0.25) is 9.36 Å². The molecule has 4 N–H and O–H groups in total. The number of nitrogens with zero attached hydrogens (tertiary/aromatic N) is 2. The highest BCUT2D eigenvalue weighted by Crippen LogP contribution is 2.22. The van der Waals surface area contributed by atoms with Crippen LogP contribution in [0.3, 0.4) is 0 Å². The summed E-state index contributed by atoms with van der Waals surface area (Å²) in [4.78, 5) is 28.3. The molecule has 0 aliphatic heterocycles. The number of hydrogen-bond donors (Lipinski definition) is 4. The molecule has 0 amide bonds. The van der Waals surface area contributed by atoms with Crippen LogP contribution in [0.25, 0.3) is 0 Å². The molecular weight excluding hydrogens is 310 g/mol. The summed E-state index contributed by atoms with van der Waals surface area (Å²) in [6.45, 7) is 8.91. The summed E-state index contributed by atoms with van der Waals surface area (Å²) < 4.78 is 1.18. The van der Waals surface area contributed by atoms with Gasteiger partial charge < -0.3 is 21.2 Å². The molecule has 24 heavy (non-hydrogen) atoms. The van der Waals surface area contributed by atoms with E-state index in [4.69, 9.17) is 10.8 Å². The number of aromatic nitrogens is 2. The van der Waals surface area contributed by atoms with E-state index in [1.165, 1.54) is 17.7 Å². The predicted molar refractivity (Wildman–Crippen MR) is 93.8 cm³/mol. The molecule has 1 rings (SSSR count). The van der Waals surface area contributed by atoms with Gasteiger partial charge in [-0.1, -0.05) is 27.7 Å². The Balaban J connectivity index is 3.42. The highest BCUT2D eigenvalue weighted by atomic mass is 16.4. The van der Waals surface area contributed by atoms with E-state index in [0.29, 0.717) is 5.69 Å². The molecule has 0 aromatic carbocycles. The summed E-state index contributed by atoms with van der Waals surface area (Å²) in [6.07, 6.45) is 1.75. The zero-order chi connectivity index (χ0) is 18.7. The molecule has 132 valence electrons. The molecule has 0 fully saturated rings. The van der Waals surface area contributed by atoms with Crippen molar-refractivity contribution in [2.45, 2.75) is 52.5 Å². The number of carbonyl (C=O) groups is 1. The van der Waals surface area contributed by atoms with Crippen LogP contribution in [0.1, 0.15) is 52.8 Å². The van der Waals surface area contributed by atoms with E-state index in [1.54, 1.807) is 6.92 Å². The third-order valence-corrected chi connectivity index (χ3v) is 3.59. The summed E-state index contributed by atoms with van der Waals surface area (Å²) in [6, 6.07) is -0.980. The number of nitrogens with one attached hydrogen (secondary N) is 3. The summed E-state index contributed by atoms with van der Waals surface area (Å²) in [5, 5.41) is 27.2. The fourth-order valence-corrected chi connectivity index (χ4v) is 2.01. The lowest BCUT2D eigenvalue weighted by Crippen LogP contribution is -2.35. The van der Waals surface area contributed by atoms with Gasteiger partial charge in [0, 0.05) is 11.6 Å². The van der Waals surface area contributed by atoms with Crippen LogP contribution in [0, 0.1) is 10.8 Å². The predicted octanol–water partition coefficient (Wildman–Crippen LogP) is 2.05.